The number of rotatable bonds is 12. The minimum absolute atomic E-state index is 0.0795. The van der Waals surface area contributed by atoms with Gasteiger partial charge in [-0.2, -0.15) is 4.98 Å². The first-order chi connectivity index (χ1) is 31.7. The Morgan fingerprint density at radius 1 is 0.909 bits per heavy atom. The summed E-state index contributed by atoms with van der Waals surface area (Å²) >= 11 is 6.61. The van der Waals surface area contributed by atoms with Crippen LogP contribution in [0.3, 0.4) is 0 Å². The van der Waals surface area contributed by atoms with E-state index in [1.807, 2.05) is 38.1 Å². The topological polar surface area (TPSA) is 201 Å². The van der Waals surface area contributed by atoms with E-state index >= 15 is 0 Å². The maximum atomic E-state index is 13.5. The Kier molecular flexibility index (Phi) is 12.5. The van der Waals surface area contributed by atoms with Crippen LogP contribution in [0, 0.1) is 0 Å². The van der Waals surface area contributed by atoms with Crippen molar-refractivity contribution < 1.29 is 33.4 Å². The number of ether oxygens (including phenoxy) is 2. The highest BCUT2D eigenvalue weighted by atomic mass is 35.5. The molecular formula is C47H55ClN10O8. The number of nitrogens with one attached hydrogen (secondary N) is 3. The maximum absolute atomic E-state index is 13.5. The van der Waals surface area contributed by atoms with Crippen LogP contribution in [0.4, 0.5) is 23.1 Å². The van der Waals surface area contributed by atoms with E-state index in [2.05, 4.69) is 49.5 Å². The summed E-state index contributed by atoms with van der Waals surface area (Å²) in [7, 11) is 1.51. The second-order valence-corrected chi connectivity index (χ2v) is 18.7. The fourth-order valence-electron chi connectivity index (χ4n) is 10.2. The molecule has 5 aliphatic rings. The fourth-order valence-corrected chi connectivity index (χ4v) is 10.4. The molecule has 3 N–H and O–H groups in total. The predicted octanol–water partition coefficient (Wildman–Crippen LogP) is 4.41. The first kappa shape index (κ1) is 45.1. The van der Waals surface area contributed by atoms with Gasteiger partial charge in [0, 0.05) is 80.6 Å². The zero-order valence-corrected chi connectivity index (χ0v) is 38.5. The lowest BCUT2D eigenvalue weighted by Gasteiger charge is -2.53. The van der Waals surface area contributed by atoms with E-state index in [4.69, 9.17) is 26.1 Å². The number of hydrogen-bond donors (Lipinski definition) is 3. The second kappa shape index (κ2) is 18.3. The lowest BCUT2D eigenvalue weighted by molar-refractivity contribution is -0.136. The molecule has 3 saturated heterocycles. The first-order valence-corrected chi connectivity index (χ1v) is 23.2. The molecule has 18 nitrogen and oxygen atoms in total. The molecule has 4 fully saturated rings. The van der Waals surface area contributed by atoms with Gasteiger partial charge in [0.05, 0.1) is 35.0 Å². The van der Waals surface area contributed by atoms with Gasteiger partial charge in [-0.1, -0.05) is 11.6 Å². The monoisotopic (exact) mass is 922 g/mol. The zero-order chi connectivity index (χ0) is 46.6. The molecule has 4 aliphatic heterocycles. The van der Waals surface area contributed by atoms with Gasteiger partial charge in [-0.05, 0) is 102 Å². The Bertz CT molecular complexity index is 2650. The van der Waals surface area contributed by atoms with E-state index in [0.717, 1.165) is 73.4 Å². The molecule has 3 atom stereocenters. The molecule has 66 heavy (non-hydrogen) atoms. The summed E-state index contributed by atoms with van der Waals surface area (Å²) in [6.07, 6.45) is 5.73. The van der Waals surface area contributed by atoms with Gasteiger partial charge < -0.3 is 34.5 Å². The highest BCUT2D eigenvalue weighted by molar-refractivity contribution is 6.33. The molecule has 6 heterocycles. The summed E-state index contributed by atoms with van der Waals surface area (Å²) in [6.45, 7) is 11.0. The normalized spacial score (nSPS) is 23.9. The van der Waals surface area contributed by atoms with Gasteiger partial charge in [0.15, 0.2) is 18.2 Å². The average molecular weight is 923 g/mol. The van der Waals surface area contributed by atoms with Crippen molar-refractivity contribution in [3.8, 4) is 5.75 Å². The van der Waals surface area contributed by atoms with Crippen molar-refractivity contribution in [1.29, 1.82) is 0 Å². The summed E-state index contributed by atoms with van der Waals surface area (Å²) in [5, 5.41) is 9.19. The van der Waals surface area contributed by atoms with Gasteiger partial charge in [-0.15, -0.1) is 0 Å². The molecule has 1 aliphatic carbocycles. The molecule has 0 bridgehead atoms. The lowest BCUT2D eigenvalue weighted by atomic mass is 9.84. The number of piperidine rings is 2. The molecule has 1 unspecified atom stereocenters. The standard InChI is InChI=1S/C47H55ClN10O8/c1-25(2)56-37-9-6-29(16-28(37)17-39(46(56)64)65-24-41(60)49-5)51-42-36(48)21-50-47(53-42)54-14-12-32(13-15-54)66-33-18-31(19-33)57-26(3)22-55(23-27(57)4)30-7-8-34-35(20-30)45(63)58(44(34)62)38-10-11-40(59)52-43(38)61/h6-9,16-17,20-21,25-27,31-33,38H,10-15,18-19,22-24H2,1-5H3,(H,49,60)(H,50,51,53)(H,52,59,61)/t26-,27-,31?,33?,38?/m1/s1. The van der Waals surface area contributed by atoms with Crippen molar-refractivity contribution in [3.05, 3.63) is 75.2 Å². The van der Waals surface area contributed by atoms with E-state index in [0.29, 0.717) is 34.1 Å². The lowest BCUT2D eigenvalue weighted by Crippen LogP contribution is -2.63. The number of pyridine rings is 1. The molecule has 0 radical (unpaired) electrons. The predicted molar refractivity (Wildman–Crippen MR) is 248 cm³/mol. The van der Waals surface area contributed by atoms with Gasteiger partial charge in [0.2, 0.25) is 17.8 Å². The van der Waals surface area contributed by atoms with Crippen LogP contribution in [0.5, 0.6) is 5.75 Å². The number of halogens is 1. The SMILES string of the molecule is CNC(=O)COc1cc2cc(Nc3nc(N4CCC(OC5CC(N6[C@H](C)CN(c7ccc8c(c7)C(=O)N(C7CCC(=O)NC7=O)C8=O)C[C@H]6C)C5)CC4)ncc3Cl)ccc2n(C(C)C)c1=O. The minimum Gasteiger partial charge on any atom is -0.478 e. The van der Waals surface area contributed by atoms with Crippen LogP contribution in [0.2, 0.25) is 5.02 Å². The van der Waals surface area contributed by atoms with E-state index in [1.54, 1.807) is 29.0 Å². The van der Waals surface area contributed by atoms with Crippen molar-refractivity contribution in [1.82, 2.24) is 35.0 Å². The van der Waals surface area contributed by atoms with E-state index in [9.17, 15) is 28.8 Å². The fraction of sp³-hybridized carbons (Fsp3) is 0.489. The van der Waals surface area contributed by atoms with Crippen molar-refractivity contribution in [2.24, 2.45) is 0 Å². The minimum atomic E-state index is -0.993. The Balaban J connectivity index is 0.767. The van der Waals surface area contributed by atoms with Crippen LogP contribution in [0.1, 0.15) is 93.0 Å². The Morgan fingerprint density at radius 2 is 1.64 bits per heavy atom. The van der Waals surface area contributed by atoms with Gasteiger partial charge >= 0.3 is 0 Å². The number of fused-ring (bicyclic) bond motifs is 2. The largest absolute Gasteiger partial charge is 0.478 e. The van der Waals surface area contributed by atoms with Crippen LogP contribution >= 0.6 is 11.6 Å². The zero-order valence-electron chi connectivity index (χ0n) is 37.7. The number of benzene rings is 2. The van der Waals surface area contributed by atoms with Crippen LogP contribution in [-0.4, -0.2) is 130 Å². The smallest absolute Gasteiger partial charge is 0.293 e. The van der Waals surface area contributed by atoms with Crippen molar-refractivity contribution in [2.75, 3.05) is 55.0 Å². The molecule has 5 amide bonds. The maximum Gasteiger partial charge on any atom is 0.293 e. The number of amides is 5. The Hall–Kier alpha value is -6.11. The molecule has 2 aromatic heterocycles. The van der Waals surface area contributed by atoms with Crippen molar-refractivity contribution in [3.63, 3.8) is 0 Å². The molecular weight excluding hydrogens is 868 g/mol. The van der Waals surface area contributed by atoms with E-state index in [-0.39, 0.29) is 72.6 Å². The second-order valence-electron chi connectivity index (χ2n) is 18.3. The first-order valence-electron chi connectivity index (χ1n) is 22.8. The third-order valence-electron chi connectivity index (χ3n) is 13.5. The quantitative estimate of drug-likeness (QED) is 0.169. The number of hydrogen-bond acceptors (Lipinski definition) is 14. The number of likely N-dealkylation sites (N-methyl/N-ethyl adjacent to an activating group) is 1. The van der Waals surface area contributed by atoms with Gasteiger partial charge in [-0.3, -0.25) is 43.9 Å². The third kappa shape index (κ3) is 8.68. The van der Waals surface area contributed by atoms with Crippen LogP contribution < -0.4 is 36.0 Å². The molecule has 9 rings (SSSR count). The summed E-state index contributed by atoms with van der Waals surface area (Å²) in [6, 6.07) is 12.3. The summed E-state index contributed by atoms with van der Waals surface area (Å²) in [5.74, 6) is -1.25. The Morgan fingerprint density at radius 3 is 2.33 bits per heavy atom. The molecule has 2 aromatic carbocycles. The third-order valence-corrected chi connectivity index (χ3v) is 13.8. The van der Waals surface area contributed by atoms with E-state index < -0.39 is 29.7 Å². The highest BCUT2D eigenvalue weighted by Gasteiger charge is 2.46. The molecule has 4 aromatic rings. The molecule has 1 saturated carbocycles. The molecule has 0 spiro atoms. The highest BCUT2D eigenvalue weighted by Crippen LogP contribution is 2.38. The summed E-state index contributed by atoms with van der Waals surface area (Å²) in [5.41, 5.74) is 2.55. The number of aromatic nitrogens is 3. The van der Waals surface area contributed by atoms with Crippen molar-refractivity contribution in [2.45, 2.75) is 109 Å². The summed E-state index contributed by atoms with van der Waals surface area (Å²) < 4.78 is 13.9. The van der Waals surface area contributed by atoms with Gasteiger partial charge in [0.1, 0.15) is 11.1 Å². The van der Waals surface area contributed by atoms with Crippen LogP contribution in [-0.2, 0) is 19.1 Å². The average Bonchev–Trinajstić information content (AvgIpc) is 3.52. The number of anilines is 4. The number of carbonyl (C=O) groups is 5. The van der Waals surface area contributed by atoms with Gasteiger partial charge in [-0.25, -0.2) is 4.98 Å². The van der Waals surface area contributed by atoms with Gasteiger partial charge in [0.25, 0.3) is 23.3 Å². The molecule has 19 heteroatoms. The molecule has 348 valence electrons. The van der Waals surface area contributed by atoms with Crippen molar-refractivity contribution >= 4 is 75.2 Å². The number of carbonyl (C=O) groups excluding carboxylic acids is 5. The number of nitrogens with zero attached hydrogens (tertiary/aromatic N) is 7. The number of piperazine rings is 1. The number of imide groups is 2. The van der Waals surface area contributed by atoms with Crippen LogP contribution in [0.15, 0.2) is 53.5 Å². The summed E-state index contributed by atoms with van der Waals surface area (Å²) in [4.78, 5) is 93.5. The Labute approximate surface area is 386 Å². The van der Waals surface area contributed by atoms with E-state index in [1.165, 1.54) is 7.05 Å². The van der Waals surface area contributed by atoms with Crippen LogP contribution in [0.25, 0.3) is 10.9 Å².